The Morgan fingerprint density at radius 3 is 2.79 bits per heavy atom. The Morgan fingerprint density at radius 1 is 1.16 bits per heavy atom. The van der Waals surface area contributed by atoms with Gasteiger partial charge < -0.3 is 5.32 Å². The van der Waals surface area contributed by atoms with Crippen molar-refractivity contribution < 1.29 is 0 Å². The number of rotatable bonds is 3. The van der Waals surface area contributed by atoms with Gasteiger partial charge in [0.15, 0.2) is 0 Å². The lowest BCUT2D eigenvalue weighted by molar-refractivity contribution is 0.206. The summed E-state index contributed by atoms with van der Waals surface area (Å²) in [5.41, 5.74) is 4.31. The summed E-state index contributed by atoms with van der Waals surface area (Å²) in [6, 6.07) is 8.45. The average molecular weight is 258 g/mol. The lowest BCUT2D eigenvalue weighted by Crippen LogP contribution is -2.43. The van der Waals surface area contributed by atoms with E-state index in [2.05, 4.69) is 42.3 Å². The highest BCUT2D eigenvalue weighted by Crippen LogP contribution is 2.26. The van der Waals surface area contributed by atoms with Crippen LogP contribution in [0.25, 0.3) is 0 Å². The monoisotopic (exact) mass is 258 g/mol. The number of hydrogen-bond acceptors (Lipinski definition) is 2. The fourth-order valence-corrected chi connectivity index (χ4v) is 3.68. The molecule has 104 valence electrons. The third-order valence-electron chi connectivity index (χ3n) is 4.93. The fraction of sp³-hybridized carbons (Fsp3) is 0.647. The molecule has 2 heteroatoms. The van der Waals surface area contributed by atoms with Crippen LogP contribution in [0.5, 0.6) is 0 Å². The molecule has 2 nitrogen and oxygen atoms in total. The highest BCUT2D eigenvalue weighted by molar-refractivity contribution is 5.30. The van der Waals surface area contributed by atoms with Crippen LogP contribution in [0.3, 0.4) is 0 Å². The first-order chi connectivity index (χ1) is 9.24. The van der Waals surface area contributed by atoms with Crippen LogP contribution in [-0.2, 0) is 6.54 Å². The molecule has 1 aromatic rings. The van der Waals surface area contributed by atoms with Gasteiger partial charge in [-0.15, -0.1) is 0 Å². The molecule has 19 heavy (non-hydrogen) atoms. The highest BCUT2D eigenvalue weighted by Gasteiger charge is 2.32. The molecule has 2 fully saturated rings. The molecule has 2 aliphatic rings. The van der Waals surface area contributed by atoms with E-state index in [1.807, 2.05) is 0 Å². The first kappa shape index (κ1) is 13.1. The van der Waals surface area contributed by atoms with Crippen LogP contribution >= 0.6 is 0 Å². The zero-order valence-corrected chi connectivity index (χ0v) is 12.3. The molecule has 2 unspecified atom stereocenters. The van der Waals surface area contributed by atoms with Crippen molar-refractivity contribution in [2.45, 2.75) is 58.2 Å². The molecule has 0 aromatic heterocycles. The van der Waals surface area contributed by atoms with E-state index in [1.165, 1.54) is 55.5 Å². The lowest BCUT2D eigenvalue weighted by atomic mass is 10.0. The normalized spacial score (nSPS) is 28.1. The first-order valence-corrected chi connectivity index (χ1v) is 7.77. The Kier molecular flexibility index (Phi) is 3.90. The predicted molar refractivity (Wildman–Crippen MR) is 80.4 cm³/mol. The Bertz CT molecular complexity index is 435. The van der Waals surface area contributed by atoms with Crippen LogP contribution in [-0.4, -0.2) is 30.1 Å². The molecule has 0 radical (unpaired) electrons. The highest BCUT2D eigenvalue weighted by atomic mass is 15.2. The van der Waals surface area contributed by atoms with Crippen LogP contribution in [0, 0.1) is 13.8 Å². The molecule has 2 heterocycles. The number of hydrogen-bond donors (Lipinski definition) is 1. The molecule has 3 rings (SSSR count). The minimum atomic E-state index is 0.744. The first-order valence-electron chi connectivity index (χ1n) is 7.77. The predicted octanol–water partition coefficient (Wildman–Crippen LogP) is 3.02. The van der Waals surface area contributed by atoms with Crippen molar-refractivity contribution in [3.63, 3.8) is 0 Å². The van der Waals surface area contributed by atoms with E-state index in [-0.39, 0.29) is 0 Å². The van der Waals surface area contributed by atoms with Gasteiger partial charge in [0.2, 0.25) is 0 Å². The van der Waals surface area contributed by atoms with Gasteiger partial charge >= 0.3 is 0 Å². The van der Waals surface area contributed by atoms with Crippen LogP contribution in [0.1, 0.15) is 42.4 Å². The third kappa shape index (κ3) is 2.85. The van der Waals surface area contributed by atoms with Gasteiger partial charge in [-0.3, -0.25) is 4.90 Å². The van der Waals surface area contributed by atoms with Gasteiger partial charge in [0.05, 0.1) is 0 Å². The average Bonchev–Trinajstić information content (AvgIpc) is 3.04. The van der Waals surface area contributed by atoms with Crippen LogP contribution in [0.2, 0.25) is 0 Å². The molecular weight excluding hydrogens is 232 g/mol. The minimum Gasteiger partial charge on any atom is -0.312 e. The number of nitrogens with zero attached hydrogens (tertiary/aromatic N) is 1. The summed E-state index contributed by atoms with van der Waals surface area (Å²) >= 11 is 0. The number of nitrogens with one attached hydrogen (secondary N) is 1. The number of likely N-dealkylation sites (tertiary alicyclic amines) is 1. The topological polar surface area (TPSA) is 15.3 Å². The minimum absolute atomic E-state index is 0.744. The standard InChI is InChI=1S/C17H26N2/c1-13-7-8-15(11-14(13)2)12-19-10-4-6-17(19)16-5-3-9-18-16/h7-8,11,16-18H,3-6,9-10,12H2,1-2H3. The van der Waals surface area contributed by atoms with Crippen molar-refractivity contribution in [1.29, 1.82) is 0 Å². The summed E-state index contributed by atoms with van der Waals surface area (Å²) in [7, 11) is 0. The Labute approximate surface area is 117 Å². The van der Waals surface area contributed by atoms with E-state index < -0.39 is 0 Å². The number of benzene rings is 1. The molecule has 2 atom stereocenters. The van der Waals surface area contributed by atoms with E-state index >= 15 is 0 Å². The molecule has 1 aromatic carbocycles. The SMILES string of the molecule is Cc1ccc(CN2CCCC2C2CCCN2)cc1C. The zero-order chi connectivity index (χ0) is 13.2. The molecule has 0 bridgehead atoms. The molecule has 2 aliphatic heterocycles. The molecule has 1 N–H and O–H groups in total. The van der Waals surface area contributed by atoms with Gasteiger partial charge in [-0.2, -0.15) is 0 Å². The molecular formula is C17H26N2. The lowest BCUT2D eigenvalue weighted by Gasteiger charge is -2.29. The molecule has 0 aliphatic carbocycles. The van der Waals surface area contributed by atoms with Gasteiger partial charge in [-0.25, -0.2) is 0 Å². The van der Waals surface area contributed by atoms with Crippen LogP contribution in [0.4, 0.5) is 0 Å². The summed E-state index contributed by atoms with van der Waals surface area (Å²) < 4.78 is 0. The van der Waals surface area contributed by atoms with Gasteiger partial charge in [-0.05, 0) is 69.3 Å². The molecule has 2 saturated heterocycles. The van der Waals surface area contributed by atoms with Crippen molar-refractivity contribution >= 4 is 0 Å². The van der Waals surface area contributed by atoms with Crippen LogP contribution in [0.15, 0.2) is 18.2 Å². The quantitative estimate of drug-likeness (QED) is 0.896. The second-order valence-corrected chi connectivity index (χ2v) is 6.30. The second kappa shape index (κ2) is 5.64. The molecule has 0 amide bonds. The van der Waals surface area contributed by atoms with Gasteiger partial charge in [0.25, 0.3) is 0 Å². The van der Waals surface area contributed by atoms with E-state index in [9.17, 15) is 0 Å². The van der Waals surface area contributed by atoms with Crippen molar-refractivity contribution in [3.8, 4) is 0 Å². The second-order valence-electron chi connectivity index (χ2n) is 6.30. The largest absolute Gasteiger partial charge is 0.312 e. The smallest absolute Gasteiger partial charge is 0.0253 e. The van der Waals surface area contributed by atoms with Crippen molar-refractivity contribution in [3.05, 3.63) is 34.9 Å². The number of aryl methyl sites for hydroxylation is 2. The third-order valence-corrected chi connectivity index (χ3v) is 4.93. The van der Waals surface area contributed by atoms with Crippen molar-refractivity contribution in [2.75, 3.05) is 13.1 Å². The Balaban J connectivity index is 1.69. The summed E-state index contributed by atoms with van der Waals surface area (Å²) in [4.78, 5) is 2.70. The summed E-state index contributed by atoms with van der Waals surface area (Å²) in [6.07, 6.45) is 5.48. The van der Waals surface area contributed by atoms with Gasteiger partial charge in [0, 0.05) is 18.6 Å². The van der Waals surface area contributed by atoms with Gasteiger partial charge in [-0.1, -0.05) is 18.2 Å². The fourth-order valence-electron chi connectivity index (χ4n) is 3.68. The zero-order valence-electron chi connectivity index (χ0n) is 12.3. The van der Waals surface area contributed by atoms with E-state index in [4.69, 9.17) is 0 Å². The molecule has 0 spiro atoms. The summed E-state index contributed by atoms with van der Waals surface area (Å²) in [6.45, 7) is 8.04. The molecule has 0 saturated carbocycles. The van der Waals surface area contributed by atoms with E-state index in [0.29, 0.717) is 0 Å². The van der Waals surface area contributed by atoms with Crippen molar-refractivity contribution in [1.82, 2.24) is 10.2 Å². The van der Waals surface area contributed by atoms with E-state index in [0.717, 1.165) is 18.6 Å². The maximum Gasteiger partial charge on any atom is 0.0253 e. The maximum absolute atomic E-state index is 3.69. The Morgan fingerprint density at radius 2 is 2.05 bits per heavy atom. The van der Waals surface area contributed by atoms with Crippen LogP contribution < -0.4 is 5.32 Å². The summed E-state index contributed by atoms with van der Waals surface area (Å²) in [5.74, 6) is 0. The summed E-state index contributed by atoms with van der Waals surface area (Å²) in [5, 5.41) is 3.69. The van der Waals surface area contributed by atoms with Crippen molar-refractivity contribution in [2.24, 2.45) is 0 Å². The van der Waals surface area contributed by atoms with E-state index in [1.54, 1.807) is 0 Å². The van der Waals surface area contributed by atoms with Gasteiger partial charge in [0.1, 0.15) is 0 Å². The maximum atomic E-state index is 3.69. The Hall–Kier alpha value is -0.860.